The number of carbonyl (C=O) groups is 1. The van der Waals surface area contributed by atoms with Crippen molar-refractivity contribution in [3.8, 4) is 11.8 Å². The minimum absolute atomic E-state index is 0.324. The molecule has 1 N–H and O–H groups in total. The zero-order valence-electron chi connectivity index (χ0n) is 11.7. The van der Waals surface area contributed by atoms with Crippen molar-refractivity contribution >= 4 is 22.0 Å². The number of halogens is 2. The van der Waals surface area contributed by atoms with Crippen LogP contribution in [-0.4, -0.2) is 18.2 Å². The summed E-state index contributed by atoms with van der Waals surface area (Å²) in [4.78, 5) is 11.4. The van der Waals surface area contributed by atoms with Crippen LogP contribution in [0, 0.1) is 17.7 Å². The normalized spacial score (nSPS) is 10.4. The number of ether oxygens (including phenoxy) is 1. The van der Waals surface area contributed by atoms with E-state index in [4.69, 9.17) is 4.74 Å². The van der Waals surface area contributed by atoms with Gasteiger partial charge in [0.25, 0.3) is 0 Å². The van der Waals surface area contributed by atoms with E-state index in [1.807, 2.05) is 0 Å². The minimum Gasteiger partial charge on any atom is -0.444 e. The van der Waals surface area contributed by atoms with E-state index in [0.29, 0.717) is 23.0 Å². The number of alkyl carbamates (subject to hydrolysis) is 1. The second kappa shape index (κ2) is 7.30. The summed E-state index contributed by atoms with van der Waals surface area (Å²) < 4.78 is 19.1. The first-order chi connectivity index (χ1) is 9.29. The minimum atomic E-state index is -0.520. The van der Waals surface area contributed by atoms with Gasteiger partial charge in [-0.05, 0) is 48.8 Å². The second-order valence-corrected chi connectivity index (χ2v) is 5.93. The Morgan fingerprint density at radius 1 is 1.45 bits per heavy atom. The number of hydrogen-bond donors (Lipinski definition) is 1. The first-order valence-electron chi connectivity index (χ1n) is 6.19. The molecule has 1 rings (SSSR count). The molecule has 0 radical (unpaired) electrons. The van der Waals surface area contributed by atoms with Crippen molar-refractivity contribution in [2.75, 3.05) is 6.54 Å². The highest BCUT2D eigenvalue weighted by Crippen LogP contribution is 2.18. The molecule has 5 heteroatoms. The molecule has 108 valence electrons. The Balaban J connectivity index is 2.43. The van der Waals surface area contributed by atoms with Gasteiger partial charge < -0.3 is 10.1 Å². The predicted molar refractivity (Wildman–Crippen MR) is 79.8 cm³/mol. The molecule has 0 aliphatic rings. The van der Waals surface area contributed by atoms with Gasteiger partial charge >= 0.3 is 6.09 Å². The van der Waals surface area contributed by atoms with Crippen molar-refractivity contribution in [1.29, 1.82) is 0 Å². The molecule has 0 saturated heterocycles. The van der Waals surface area contributed by atoms with Gasteiger partial charge in [-0.2, -0.15) is 0 Å². The van der Waals surface area contributed by atoms with E-state index in [1.54, 1.807) is 32.9 Å². The first-order valence-corrected chi connectivity index (χ1v) is 6.98. The van der Waals surface area contributed by atoms with Crippen molar-refractivity contribution in [2.24, 2.45) is 0 Å². The lowest BCUT2D eigenvalue weighted by atomic mass is 10.2. The Morgan fingerprint density at radius 2 is 2.15 bits per heavy atom. The fourth-order valence-corrected chi connectivity index (χ4v) is 1.75. The number of benzene rings is 1. The van der Waals surface area contributed by atoms with Crippen molar-refractivity contribution in [3.63, 3.8) is 0 Å². The molecule has 1 aromatic carbocycles. The van der Waals surface area contributed by atoms with Crippen LogP contribution in [-0.2, 0) is 4.74 Å². The number of rotatable bonds is 2. The molecule has 0 aromatic heterocycles. The lowest BCUT2D eigenvalue weighted by Gasteiger charge is -2.19. The van der Waals surface area contributed by atoms with Crippen molar-refractivity contribution in [3.05, 3.63) is 34.1 Å². The molecule has 0 bridgehead atoms. The van der Waals surface area contributed by atoms with Crippen LogP contribution in [0.4, 0.5) is 9.18 Å². The van der Waals surface area contributed by atoms with Crippen LogP contribution in [0.3, 0.4) is 0 Å². The van der Waals surface area contributed by atoms with E-state index in [2.05, 4.69) is 33.1 Å². The predicted octanol–water partition coefficient (Wildman–Crippen LogP) is 3.85. The summed E-state index contributed by atoms with van der Waals surface area (Å²) in [5.41, 5.74) is -0.196. The van der Waals surface area contributed by atoms with Gasteiger partial charge in [0.2, 0.25) is 0 Å². The van der Waals surface area contributed by atoms with Gasteiger partial charge in [-0.1, -0.05) is 17.9 Å². The molecule has 0 fully saturated rings. The molecule has 0 atom stereocenters. The maximum absolute atomic E-state index is 13.5. The maximum Gasteiger partial charge on any atom is 0.407 e. The summed E-state index contributed by atoms with van der Waals surface area (Å²) in [6, 6.07) is 4.69. The molecule has 0 saturated carbocycles. The van der Waals surface area contributed by atoms with Gasteiger partial charge in [0, 0.05) is 17.4 Å². The maximum atomic E-state index is 13.5. The SMILES string of the molecule is CC(C)(C)OC(=O)NCCC#Cc1c(F)cccc1Br. The molecule has 0 heterocycles. The highest BCUT2D eigenvalue weighted by Gasteiger charge is 2.15. The molecule has 3 nitrogen and oxygen atoms in total. The monoisotopic (exact) mass is 341 g/mol. The van der Waals surface area contributed by atoms with Gasteiger partial charge in [-0.15, -0.1) is 0 Å². The quantitative estimate of drug-likeness (QED) is 0.655. The highest BCUT2D eigenvalue weighted by molar-refractivity contribution is 9.10. The molecule has 20 heavy (non-hydrogen) atoms. The van der Waals surface area contributed by atoms with E-state index in [1.165, 1.54) is 6.07 Å². The van der Waals surface area contributed by atoms with Gasteiger partial charge in [0.05, 0.1) is 5.56 Å². The van der Waals surface area contributed by atoms with Crippen molar-refractivity contribution in [2.45, 2.75) is 32.8 Å². The average Bonchev–Trinajstić information content (AvgIpc) is 2.29. The number of nitrogens with one attached hydrogen (secondary N) is 1. The standard InChI is InChI=1S/C15H17BrFNO2/c1-15(2,3)20-14(19)18-10-5-4-7-11-12(16)8-6-9-13(11)17/h6,8-9H,5,10H2,1-3H3,(H,18,19). The molecule has 0 aliphatic carbocycles. The third-order valence-corrected chi connectivity index (χ3v) is 2.76. The fraction of sp³-hybridized carbons (Fsp3) is 0.400. The largest absolute Gasteiger partial charge is 0.444 e. The molecule has 0 spiro atoms. The van der Waals surface area contributed by atoms with E-state index >= 15 is 0 Å². The Bertz CT molecular complexity index is 521. The van der Waals surface area contributed by atoms with Crippen molar-refractivity contribution in [1.82, 2.24) is 5.32 Å². The number of carbonyl (C=O) groups excluding carboxylic acids is 1. The summed E-state index contributed by atoms with van der Waals surface area (Å²) >= 11 is 3.24. The first kappa shape index (κ1) is 16.5. The molecular formula is C15H17BrFNO2. The van der Waals surface area contributed by atoms with E-state index in [9.17, 15) is 9.18 Å². The van der Waals surface area contributed by atoms with E-state index in [0.717, 1.165) is 0 Å². The lowest BCUT2D eigenvalue weighted by Crippen LogP contribution is -2.32. The average molecular weight is 342 g/mol. The smallest absolute Gasteiger partial charge is 0.407 e. The van der Waals surface area contributed by atoms with E-state index < -0.39 is 11.7 Å². The third-order valence-electron chi connectivity index (χ3n) is 2.09. The lowest BCUT2D eigenvalue weighted by molar-refractivity contribution is 0.0529. The van der Waals surface area contributed by atoms with Crippen LogP contribution in [0.5, 0.6) is 0 Å². The topological polar surface area (TPSA) is 38.3 Å². The summed E-state index contributed by atoms with van der Waals surface area (Å²) in [5.74, 6) is 5.18. The van der Waals surface area contributed by atoms with Gasteiger partial charge in [0.1, 0.15) is 11.4 Å². The third kappa shape index (κ3) is 6.07. The van der Waals surface area contributed by atoms with Crippen LogP contribution >= 0.6 is 15.9 Å². The molecule has 1 aromatic rings. The van der Waals surface area contributed by atoms with Gasteiger partial charge in [-0.3, -0.25) is 0 Å². The summed E-state index contributed by atoms with van der Waals surface area (Å²) in [6.07, 6.45) is -0.0635. The van der Waals surface area contributed by atoms with Crippen LogP contribution in [0.2, 0.25) is 0 Å². The van der Waals surface area contributed by atoms with Crippen LogP contribution in [0.1, 0.15) is 32.8 Å². The molecule has 0 aliphatic heterocycles. The van der Waals surface area contributed by atoms with Gasteiger partial charge in [0.15, 0.2) is 0 Å². The molecule has 0 unspecified atom stereocenters. The summed E-state index contributed by atoms with van der Waals surface area (Å²) in [6.45, 7) is 5.74. The Kier molecular flexibility index (Phi) is 6.03. The number of amides is 1. The fourth-order valence-electron chi connectivity index (χ4n) is 1.31. The Labute approximate surface area is 127 Å². The number of hydrogen-bond acceptors (Lipinski definition) is 2. The van der Waals surface area contributed by atoms with Crippen molar-refractivity contribution < 1.29 is 13.9 Å². The highest BCUT2D eigenvalue weighted by atomic mass is 79.9. The summed E-state index contributed by atoms with van der Waals surface area (Å²) in [7, 11) is 0. The second-order valence-electron chi connectivity index (χ2n) is 5.08. The zero-order chi connectivity index (χ0) is 15.2. The zero-order valence-corrected chi connectivity index (χ0v) is 13.3. The molecule has 1 amide bonds. The van der Waals surface area contributed by atoms with E-state index in [-0.39, 0.29) is 5.82 Å². The van der Waals surface area contributed by atoms with Crippen LogP contribution in [0.15, 0.2) is 22.7 Å². The molecular weight excluding hydrogens is 325 g/mol. The van der Waals surface area contributed by atoms with Crippen LogP contribution in [0.25, 0.3) is 0 Å². The summed E-state index contributed by atoms with van der Waals surface area (Å²) in [5, 5.41) is 2.59. The van der Waals surface area contributed by atoms with Crippen LogP contribution < -0.4 is 5.32 Å². The Hall–Kier alpha value is -1.54. The van der Waals surface area contributed by atoms with Gasteiger partial charge in [-0.25, -0.2) is 9.18 Å². The Morgan fingerprint density at radius 3 is 2.75 bits per heavy atom.